The quantitative estimate of drug-likeness (QED) is 0.716. The molecule has 1 unspecified atom stereocenters. The first-order chi connectivity index (χ1) is 8.04. The second-order valence-electron chi connectivity index (χ2n) is 4.83. The third-order valence-electron chi connectivity index (χ3n) is 3.33. The van der Waals surface area contributed by atoms with E-state index in [9.17, 15) is 9.59 Å². The molecule has 1 rings (SSSR count). The van der Waals surface area contributed by atoms with Crippen LogP contribution >= 0.6 is 0 Å². The Kier molecular flexibility index (Phi) is 5.41. The monoisotopic (exact) mass is 241 g/mol. The number of carbonyl (C=O) groups excluding carboxylic acids is 2. The maximum atomic E-state index is 12.0. The van der Waals surface area contributed by atoms with Gasteiger partial charge in [0, 0.05) is 5.92 Å². The Labute approximate surface area is 103 Å². The minimum atomic E-state index is -0.507. The third kappa shape index (κ3) is 4.34. The van der Waals surface area contributed by atoms with Crippen LogP contribution in [-0.4, -0.2) is 42.9 Å². The Hall–Kier alpha value is -1.10. The normalized spacial score (nSPS) is 19.9. The van der Waals surface area contributed by atoms with Crippen molar-refractivity contribution >= 4 is 11.8 Å². The molecule has 0 saturated carbocycles. The zero-order chi connectivity index (χ0) is 12.8. The number of carbonyl (C=O) groups is 2. The lowest BCUT2D eigenvalue weighted by Gasteiger charge is -2.29. The zero-order valence-electron chi connectivity index (χ0n) is 10.7. The maximum Gasteiger partial charge on any atom is 0.239 e. The lowest BCUT2D eigenvalue weighted by molar-refractivity contribution is -0.131. The number of nitrogens with two attached hydrogens (primary N) is 1. The van der Waals surface area contributed by atoms with Crippen molar-refractivity contribution in [2.45, 2.75) is 38.6 Å². The summed E-state index contributed by atoms with van der Waals surface area (Å²) in [6.45, 7) is 3.85. The maximum absolute atomic E-state index is 12.0. The van der Waals surface area contributed by atoms with Gasteiger partial charge in [-0.2, -0.15) is 0 Å². The molecule has 0 aromatic heterocycles. The van der Waals surface area contributed by atoms with Gasteiger partial charge in [-0.25, -0.2) is 0 Å². The molecule has 1 aliphatic rings. The molecule has 1 saturated heterocycles. The van der Waals surface area contributed by atoms with Crippen LogP contribution in [-0.2, 0) is 9.59 Å². The molecule has 1 heterocycles. The first-order valence-electron chi connectivity index (χ1n) is 6.32. The summed E-state index contributed by atoms with van der Waals surface area (Å²) in [5, 5.41) is 2.77. The number of primary amides is 1. The Balaban J connectivity index is 2.44. The van der Waals surface area contributed by atoms with Crippen LogP contribution in [0, 0.1) is 5.92 Å². The van der Waals surface area contributed by atoms with Gasteiger partial charge in [0.05, 0.1) is 0 Å². The lowest BCUT2D eigenvalue weighted by Crippen LogP contribution is -2.48. The predicted octanol–water partition coefficient (Wildman–Crippen LogP) is 0.0984. The Morgan fingerprint density at radius 1 is 1.41 bits per heavy atom. The second-order valence-corrected chi connectivity index (χ2v) is 4.83. The Morgan fingerprint density at radius 3 is 2.47 bits per heavy atom. The number of nitrogens with one attached hydrogen (secondary N) is 1. The van der Waals surface area contributed by atoms with Crippen molar-refractivity contribution in [3.63, 3.8) is 0 Å². The lowest BCUT2D eigenvalue weighted by atomic mass is 9.95. The van der Waals surface area contributed by atoms with Gasteiger partial charge < -0.3 is 16.0 Å². The summed E-state index contributed by atoms with van der Waals surface area (Å²) in [6.07, 6.45) is 3.18. The van der Waals surface area contributed by atoms with Gasteiger partial charge in [-0.05, 0) is 39.4 Å². The summed E-state index contributed by atoms with van der Waals surface area (Å²) in [5.41, 5.74) is 5.26. The second kappa shape index (κ2) is 6.59. The summed E-state index contributed by atoms with van der Waals surface area (Å²) >= 11 is 0. The highest BCUT2D eigenvalue weighted by atomic mass is 16.2. The zero-order valence-corrected chi connectivity index (χ0v) is 10.7. The van der Waals surface area contributed by atoms with Crippen molar-refractivity contribution < 1.29 is 9.59 Å². The first-order valence-corrected chi connectivity index (χ1v) is 6.32. The van der Waals surface area contributed by atoms with E-state index < -0.39 is 11.9 Å². The number of nitrogens with zero attached hydrogens (tertiary/aromatic N) is 1. The van der Waals surface area contributed by atoms with Crippen molar-refractivity contribution in [1.29, 1.82) is 0 Å². The fourth-order valence-corrected chi connectivity index (χ4v) is 2.13. The van der Waals surface area contributed by atoms with Crippen LogP contribution in [0.3, 0.4) is 0 Å². The van der Waals surface area contributed by atoms with Crippen LogP contribution in [0.1, 0.15) is 32.6 Å². The molecule has 0 aliphatic carbocycles. The summed E-state index contributed by atoms with van der Waals surface area (Å²) in [7, 11) is 2.05. The number of hydrogen-bond acceptors (Lipinski definition) is 3. The minimum Gasteiger partial charge on any atom is -0.368 e. The minimum absolute atomic E-state index is 0.0182. The fourth-order valence-electron chi connectivity index (χ4n) is 2.13. The molecule has 1 aliphatic heterocycles. The van der Waals surface area contributed by atoms with Gasteiger partial charge >= 0.3 is 0 Å². The van der Waals surface area contributed by atoms with Crippen LogP contribution in [0.2, 0.25) is 0 Å². The number of rotatable bonds is 5. The third-order valence-corrected chi connectivity index (χ3v) is 3.33. The molecule has 5 nitrogen and oxygen atoms in total. The molecular weight excluding hydrogens is 218 g/mol. The number of amides is 2. The molecule has 2 amide bonds. The van der Waals surface area contributed by atoms with E-state index in [-0.39, 0.29) is 11.8 Å². The van der Waals surface area contributed by atoms with Crippen LogP contribution in [0.4, 0.5) is 0 Å². The van der Waals surface area contributed by atoms with Crippen LogP contribution in [0.5, 0.6) is 0 Å². The molecule has 5 heteroatoms. The average Bonchev–Trinajstić information content (AvgIpc) is 2.29. The smallest absolute Gasteiger partial charge is 0.239 e. The van der Waals surface area contributed by atoms with E-state index in [4.69, 9.17) is 5.73 Å². The van der Waals surface area contributed by atoms with Crippen molar-refractivity contribution in [2.75, 3.05) is 20.1 Å². The van der Waals surface area contributed by atoms with E-state index in [0.29, 0.717) is 6.42 Å². The van der Waals surface area contributed by atoms with E-state index in [2.05, 4.69) is 17.3 Å². The Morgan fingerprint density at radius 2 is 2.00 bits per heavy atom. The van der Waals surface area contributed by atoms with Crippen molar-refractivity contribution in [2.24, 2.45) is 11.7 Å². The highest BCUT2D eigenvalue weighted by Gasteiger charge is 2.26. The van der Waals surface area contributed by atoms with E-state index in [1.165, 1.54) is 0 Å². The van der Waals surface area contributed by atoms with E-state index >= 15 is 0 Å². The molecule has 0 spiro atoms. The van der Waals surface area contributed by atoms with Gasteiger partial charge in [0.1, 0.15) is 6.04 Å². The van der Waals surface area contributed by atoms with Gasteiger partial charge in [-0.15, -0.1) is 0 Å². The van der Waals surface area contributed by atoms with Crippen LogP contribution < -0.4 is 11.1 Å². The van der Waals surface area contributed by atoms with E-state index in [1.54, 1.807) is 0 Å². The predicted molar refractivity (Wildman–Crippen MR) is 66.3 cm³/mol. The SMILES string of the molecule is CCCC(NC(=O)C1CCN(C)CC1)C(N)=O. The molecule has 98 valence electrons. The van der Waals surface area contributed by atoms with Crippen molar-refractivity contribution in [3.05, 3.63) is 0 Å². The molecule has 1 fully saturated rings. The van der Waals surface area contributed by atoms with Crippen molar-refractivity contribution in [1.82, 2.24) is 10.2 Å². The average molecular weight is 241 g/mol. The van der Waals surface area contributed by atoms with Gasteiger partial charge in [0.15, 0.2) is 0 Å². The highest BCUT2D eigenvalue weighted by molar-refractivity contribution is 5.87. The van der Waals surface area contributed by atoms with E-state index in [1.807, 2.05) is 6.92 Å². The highest BCUT2D eigenvalue weighted by Crippen LogP contribution is 2.16. The largest absolute Gasteiger partial charge is 0.368 e. The molecule has 0 radical (unpaired) electrons. The van der Waals surface area contributed by atoms with Gasteiger partial charge in [-0.1, -0.05) is 13.3 Å². The van der Waals surface area contributed by atoms with Gasteiger partial charge in [0.25, 0.3) is 0 Å². The molecule has 0 aromatic carbocycles. The first kappa shape index (κ1) is 14.0. The molecule has 17 heavy (non-hydrogen) atoms. The molecule has 3 N–H and O–H groups in total. The fraction of sp³-hybridized carbons (Fsp3) is 0.833. The number of likely N-dealkylation sites (tertiary alicyclic amines) is 1. The van der Waals surface area contributed by atoms with Crippen molar-refractivity contribution in [3.8, 4) is 0 Å². The summed E-state index contributed by atoms with van der Waals surface area (Å²) in [5.74, 6) is -0.423. The molecule has 1 atom stereocenters. The topological polar surface area (TPSA) is 75.4 Å². The summed E-state index contributed by atoms with van der Waals surface area (Å²) < 4.78 is 0. The van der Waals surface area contributed by atoms with Crippen LogP contribution in [0.15, 0.2) is 0 Å². The Bertz CT molecular complexity index is 273. The number of hydrogen-bond donors (Lipinski definition) is 2. The number of piperidine rings is 1. The molecular formula is C12H23N3O2. The van der Waals surface area contributed by atoms with E-state index in [0.717, 1.165) is 32.4 Å². The van der Waals surface area contributed by atoms with Gasteiger partial charge in [-0.3, -0.25) is 9.59 Å². The molecule has 0 aromatic rings. The van der Waals surface area contributed by atoms with Crippen LogP contribution in [0.25, 0.3) is 0 Å². The molecule has 0 bridgehead atoms. The summed E-state index contributed by atoms with van der Waals surface area (Å²) in [6, 6.07) is -0.507. The standard InChI is InChI=1S/C12H23N3O2/c1-3-4-10(11(13)16)14-12(17)9-5-7-15(2)8-6-9/h9-10H,3-8H2,1-2H3,(H2,13,16)(H,14,17). The van der Waals surface area contributed by atoms with Gasteiger partial charge in [0.2, 0.25) is 11.8 Å². The summed E-state index contributed by atoms with van der Waals surface area (Å²) in [4.78, 5) is 25.3.